The summed E-state index contributed by atoms with van der Waals surface area (Å²) >= 11 is 0. The number of rotatable bonds is 5. The maximum Gasteiger partial charge on any atom is 0.303 e. The van der Waals surface area contributed by atoms with E-state index in [2.05, 4.69) is 20.4 Å². The van der Waals surface area contributed by atoms with E-state index in [1.807, 2.05) is 6.92 Å². The molecule has 0 saturated heterocycles. The Bertz CT molecular complexity index is 1220. The monoisotopic (exact) mass is 576 g/mol. The Morgan fingerprint density at radius 1 is 0.780 bits per heavy atom. The van der Waals surface area contributed by atoms with Gasteiger partial charge in [0.25, 0.3) is 0 Å². The van der Waals surface area contributed by atoms with Crippen molar-refractivity contribution in [2.75, 3.05) is 0 Å². The SMILES string of the molecule is C=C1C(=O)[C@@]23[C@@H](OC(C)=O)[C@@]1(OC(C)=O)C[C@H](OC(C)=O)[C@H]2[C@@]1(C)[C@H](C[C@H]3OC(C)=O)C(C)(C)CC[C@H]1OC(C)=O. The van der Waals surface area contributed by atoms with Crippen molar-refractivity contribution in [2.24, 2.45) is 28.1 Å². The third-order valence-electron chi connectivity index (χ3n) is 10.1. The molecule has 0 aromatic heterocycles. The van der Waals surface area contributed by atoms with Crippen LogP contribution in [0.1, 0.15) is 81.1 Å². The van der Waals surface area contributed by atoms with Gasteiger partial charge in [-0.25, -0.2) is 0 Å². The summed E-state index contributed by atoms with van der Waals surface area (Å²) in [6.45, 7) is 16.1. The standard InChI is InChI=1S/C30H40O11/c1-14-25(36)30-23(39-17(4)33)12-21-27(7,8)11-10-22(38-16(3)32)28(21,9)24(30)20(37-15(2)31)13-29(14,41-19(6)35)26(30)40-18(5)34/h20-24,26H,1,10-13H2,2-9H3/t20-,21+,22+,23+,24-,26-,28-,29+,30-/m0/s1. The molecule has 4 aliphatic carbocycles. The average Bonchev–Trinajstić information content (AvgIpc) is 2.91. The second-order valence-corrected chi connectivity index (χ2v) is 12.9. The summed E-state index contributed by atoms with van der Waals surface area (Å²) < 4.78 is 29.5. The summed E-state index contributed by atoms with van der Waals surface area (Å²) in [5.41, 5.74) is -5.30. The van der Waals surface area contributed by atoms with E-state index >= 15 is 0 Å². The van der Waals surface area contributed by atoms with Crippen LogP contribution in [0.25, 0.3) is 0 Å². The van der Waals surface area contributed by atoms with Crippen LogP contribution < -0.4 is 0 Å². The Morgan fingerprint density at radius 3 is 1.83 bits per heavy atom. The highest BCUT2D eigenvalue weighted by molar-refractivity contribution is 6.07. The van der Waals surface area contributed by atoms with Crippen LogP contribution in [0.2, 0.25) is 0 Å². The van der Waals surface area contributed by atoms with E-state index in [0.29, 0.717) is 12.8 Å². The zero-order valence-corrected chi connectivity index (χ0v) is 25.0. The lowest BCUT2D eigenvalue weighted by molar-refractivity contribution is -0.299. The molecule has 0 aliphatic heterocycles. The Kier molecular flexibility index (Phi) is 7.45. The lowest BCUT2D eigenvalue weighted by atomic mass is 9.38. The van der Waals surface area contributed by atoms with Crippen LogP contribution >= 0.6 is 0 Å². The van der Waals surface area contributed by atoms with Gasteiger partial charge in [-0.2, -0.15) is 0 Å². The number of hydrogen-bond donors (Lipinski definition) is 0. The third-order valence-corrected chi connectivity index (χ3v) is 10.1. The fourth-order valence-electron chi connectivity index (χ4n) is 9.09. The molecule has 0 aromatic rings. The summed E-state index contributed by atoms with van der Waals surface area (Å²) in [6, 6.07) is 0. The van der Waals surface area contributed by atoms with Gasteiger partial charge >= 0.3 is 29.8 Å². The van der Waals surface area contributed by atoms with Crippen LogP contribution in [0.5, 0.6) is 0 Å². The molecule has 0 unspecified atom stereocenters. The van der Waals surface area contributed by atoms with E-state index < -0.39 is 82.4 Å². The highest BCUT2D eigenvalue weighted by atomic mass is 16.6. The van der Waals surface area contributed by atoms with Crippen molar-refractivity contribution in [2.45, 2.75) is 111 Å². The van der Waals surface area contributed by atoms with E-state index in [9.17, 15) is 28.8 Å². The van der Waals surface area contributed by atoms with Gasteiger partial charge < -0.3 is 23.7 Å². The number of esters is 5. The summed E-state index contributed by atoms with van der Waals surface area (Å²) in [7, 11) is 0. The summed E-state index contributed by atoms with van der Waals surface area (Å²) in [5, 5.41) is 0. The van der Waals surface area contributed by atoms with Crippen LogP contribution in [-0.4, -0.2) is 65.6 Å². The van der Waals surface area contributed by atoms with Crippen molar-refractivity contribution >= 4 is 35.6 Å². The molecular formula is C30H40O11. The Labute approximate surface area is 239 Å². The molecule has 4 aliphatic rings. The topological polar surface area (TPSA) is 149 Å². The molecule has 4 saturated carbocycles. The van der Waals surface area contributed by atoms with Crippen LogP contribution in [0, 0.1) is 28.1 Å². The lowest BCUT2D eigenvalue weighted by Gasteiger charge is -2.68. The number of Topliss-reactive ketones (excluding diaryl/α,β-unsaturated/α-hetero) is 1. The second kappa shape index (κ2) is 9.94. The molecule has 0 aromatic carbocycles. The molecule has 226 valence electrons. The Balaban J connectivity index is 2.13. The lowest BCUT2D eigenvalue weighted by Crippen LogP contribution is -2.76. The minimum atomic E-state index is -1.88. The van der Waals surface area contributed by atoms with Crippen molar-refractivity contribution in [3.05, 3.63) is 12.2 Å². The highest BCUT2D eigenvalue weighted by Crippen LogP contribution is 2.74. The number of carbonyl (C=O) groups excluding carboxylic acids is 6. The quantitative estimate of drug-likeness (QED) is 0.270. The number of ether oxygens (including phenoxy) is 5. The number of ketones is 1. The summed E-state index contributed by atoms with van der Waals surface area (Å²) in [6.07, 6.45) is -3.36. The first-order valence-corrected chi connectivity index (χ1v) is 14.0. The molecule has 11 heteroatoms. The maximum absolute atomic E-state index is 14.7. The van der Waals surface area contributed by atoms with Crippen molar-refractivity contribution in [3.8, 4) is 0 Å². The second-order valence-electron chi connectivity index (χ2n) is 12.9. The number of fused-ring (bicyclic) bond motifs is 3. The van der Waals surface area contributed by atoms with Gasteiger partial charge in [0, 0.05) is 57.9 Å². The van der Waals surface area contributed by atoms with Gasteiger partial charge in [0.05, 0.1) is 0 Å². The van der Waals surface area contributed by atoms with Gasteiger partial charge in [0.15, 0.2) is 17.5 Å². The number of carbonyl (C=O) groups is 6. The third kappa shape index (κ3) is 4.37. The van der Waals surface area contributed by atoms with Gasteiger partial charge in [-0.3, -0.25) is 28.8 Å². The predicted molar refractivity (Wildman–Crippen MR) is 141 cm³/mol. The van der Waals surface area contributed by atoms with Gasteiger partial charge in [0.1, 0.15) is 23.7 Å². The largest absolute Gasteiger partial charge is 0.462 e. The fraction of sp³-hybridized carbons (Fsp3) is 0.733. The average molecular weight is 577 g/mol. The van der Waals surface area contributed by atoms with Crippen molar-refractivity contribution < 1.29 is 52.5 Å². The summed E-state index contributed by atoms with van der Waals surface area (Å²) in [5.74, 6) is -5.25. The van der Waals surface area contributed by atoms with E-state index in [1.165, 1.54) is 20.8 Å². The molecule has 0 radical (unpaired) electrons. The van der Waals surface area contributed by atoms with Crippen molar-refractivity contribution in [1.29, 1.82) is 0 Å². The zero-order valence-electron chi connectivity index (χ0n) is 25.0. The molecule has 0 N–H and O–H groups in total. The van der Waals surface area contributed by atoms with E-state index in [4.69, 9.17) is 23.7 Å². The van der Waals surface area contributed by atoms with E-state index in [1.54, 1.807) is 0 Å². The molecule has 0 heterocycles. The van der Waals surface area contributed by atoms with Crippen molar-refractivity contribution in [3.63, 3.8) is 0 Å². The number of hydrogen-bond acceptors (Lipinski definition) is 11. The van der Waals surface area contributed by atoms with Crippen molar-refractivity contribution in [1.82, 2.24) is 0 Å². The molecule has 4 fully saturated rings. The Morgan fingerprint density at radius 2 is 1.32 bits per heavy atom. The molecule has 11 nitrogen and oxygen atoms in total. The molecule has 41 heavy (non-hydrogen) atoms. The molecule has 9 atom stereocenters. The molecule has 2 bridgehead atoms. The minimum Gasteiger partial charge on any atom is -0.462 e. The van der Waals surface area contributed by atoms with Gasteiger partial charge in [0.2, 0.25) is 0 Å². The highest BCUT2D eigenvalue weighted by Gasteiger charge is 2.85. The van der Waals surface area contributed by atoms with E-state index in [0.717, 1.165) is 13.8 Å². The molecule has 0 amide bonds. The first-order chi connectivity index (χ1) is 18.8. The van der Waals surface area contributed by atoms with Crippen LogP contribution in [0.3, 0.4) is 0 Å². The fourth-order valence-corrected chi connectivity index (χ4v) is 9.09. The van der Waals surface area contributed by atoms with Gasteiger partial charge in [-0.15, -0.1) is 0 Å². The first kappa shape index (κ1) is 30.7. The molecule has 1 spiro atoms. The predicted octanol–water partition coefficient (Wildman–Crippen LogP) is 3.01. The summed E-state index contributed by atoms with van der Waals surface area (Å²) in [4.78, 5) is 77.5. The molecular weight excluding hydrogens is 536 g/mol. The van der Waals surface area contributed by atoms with Crippen LogP contribution in [-0.2, 0) is 52.5 Å². The smallest absolute Gasteiger partial charge is 0.303 e. The normalized spacial score (nSPS) is 40.4. The van der Waals surface area contributed by atoms with Crippen LogP contribution in [0.4, 0.5) is 0 Å². The maximum atomic E-state index is 14.7. The van der Waals surface area contributed by atoms with Gasteiger partial charge in [-0.05, 0) is 30.6 Å². The van der Waals surface area contributed by atoms with Crippen LogP contribution in [0.15, 0.2) is 12.2 Å². The first-order valence-electron chi connectivity index (χ1n) is 14.0. The Hall–Kier alpha value is -3.24. The van der Waals surface area contributed by atoms with Gasteiger partial charge in [-0.1, -0.05) is 27.4 Å². The minimum absolute atomic E-state index is 0.142. The van der Waals surface area contributed by atoms with E-state index in [-0.39, 0.29) is 29.7 Å². The zero-order chi connectivity index (χ0) is 30.9. The molecule has 4 rings (SSSR count).